The molecule has 0 amide bonds. The Balaban J connectivity index is 1.93. The molecule has 0 fully saturated rings. The van der Waals surface area contributed by atoms with Gasteiger partial charge in [0.25, 0.3) is 0 Å². The van der Waals surface area contributed by atoms with E-state index >= 15 is 0 Å². The number of aromatic nitrogens is 1. The number of rotatable bonds is 3. The molecule has 0 saturated heterocycles. The largest absolute Gasteiger partial charge is 0.497 e. The second-order valence-electron chi connectivity index (χ2n) is 4.98. The van der Waals surface area contributed by atoms with Crippen molar-refractivity contribution in [2.24, 2.45) is 7.05 Å². The average Bonchev–Trinajstić information content (AvgIpc) is 2.55. The van der Waals surface area contributed by atoms with Gasteiger partial charge in [0.2, 0.25) is 11.2 Å². The lowest BCUT2D eigenvalue weighted by molar-refractivity contribution is -0.646. The van der Waals surface area contributed by atoms with E-state index in [0.717, 1.165) is 11.3 Å². The number of benzene rings is 2. The van der Waals surface area contributed by atoms with E-state index in [9.17, 15) is 0 Å². The fraction of sp³-hybridized carbons (Fsp3) is 0.105. The Hall–Kier alpha value is -2.61. The minimum Gasteiger partial charge on any atom is -0.497 e. The predicted molar refractivity (Wildman–Crippen MR) is 87.0 cm³/mol. The van der Waals surface area contributed by atoms with E-state index in [2.05, 4.69) is 72.3 Å². The SMILES string of the molecule is COc1ccc(/C=C/c2ccc3ccccc3[n+]2C)cc1. The highest BCUT2D eigenvalue weighted by atomic mass is 16.5. The minimum atomic E-state index is 0.878. The summed E-state index contributed by atoms with van der Waals surface area (Å²) in [6.07, 6.45) is 4.25. The molecule has 2 nitrogen and oxygen atoms in total. The topological polar surface area (TPSA) is 13.1 Å². The van der Waals surface area contributed by atoms with Gasteiger partial charge in [-0.15, -0.1) is 0 Å². The molecular formula is C19H18NO+. The van der Waals surface area contributed by atoms with Gasteiger partial charge in [-0.3, -0.25) is 0 Å². The lowest BCUT2D eigenvalue weighted by Gasteiger charge is -2.00. The third-order valence-corrected chi connectivity index (χ3v) is 3.68. The van der Waals surface area contributed by atoms with Gasteiger partial charge in [0.05, 0.1) is 7.11 Å². The molecule has 0 radical (unpaired) electrons. The zero-order valence-electron chi connectivity index (χ0n) is 12.3. The third kappa shape index (κ3) is 2.79. The molecule has 1 aromatic heterocycles. The lowest BCUT2D eigenvalue weighted by atomic mass is 10.1. The van der Waals surface area contributed by atoms with Crippen LogP contribution >= 0.6 is 0 Å². The van der Waals surface area contributed by atoms with Crippen molar-refractivity contribution in [3.63, 3.8) is 0 Å². The maximum atomic E-state index is 5.17. The van der Waals surface area contributed by atoms with Gasteiger partial charge in [-0.25, -0.2) is 0 Å². The molecule has 104 valence electrons. The number of pyridine rings is 1. The summed E-state index contributed by atoms with van der Waals surface area (Å²) in [4.78, 5) is 0. The highest BCUT2D eigenvalue weighted by molar-refractivity contribution is 5.77. The first-order chi connectivity index (χ1) is 10.3. The summed E-state index contributed by atoms with van der Waals surface area (Å²) in [7, 11) is 3.77. The third-order valence-electron chi connectivity index (χ3n) is 3.68. The van der Waals surface area contributed by atoms with Gasteiger partial charge in [-0.05, 0) is 35.9 Å². The van der Waals surface area contributed by atoms with Gasteiger partial charge in [-0.2, -0.15) is 4.57 Å². The fourth-order valence-electron chi connectivity index (χ4n) is 2.42. The van der Waals surface area contributed by atoms with Gasteiger partial charge in [-0.1, -0.05) is 24.3 Å². The molecule has 0 aliphatic carbocycles. The van der Waals surface area contributed by atoms with Crippen LogP contribution in [0.1, 0.15) is 11.3 Å². The van der Waals surface area contributed by atoms with Crippen LogP contribution in [0.3, 0.4) is 0 Å². The summed E-state index contributed by atoms with van der Waals surface area (Å²) >= 11 is 0. The molecule has 0 aliphatic heterocycles. The molecule has 0 bridgehead atoms. The molecule has 0 N–H and O–H groups in total. The van der Waals surface area contributed by atoms with Crippen molar-refractivity contribution in [2.45, 2.75) is 0 Å². The van der Waals surface area contributed by atoms with Crippen LogP contribution in [0.25, 0.3) is 23.1 Å². The normalized spacial score (nSPS) is 11.1. The van der Waals surface area contributed by atoms with Crippen LogP contribution in [-0.4, -0.2) is 7.11 Å². The molecule has 0 saturated carbocycles. The Bertz CT molecular complexity index is 788. The quantitative estimate of drug-likeness (QED) is 0.662. The number of fused-ring (bicyclic) bond motifs is 1. The Morgan fingerprint density at radius 1 is 0.857 bits per heavy atom. The van der Waals surface area contributed by atoms with Gasteiger partial charge in [0, 0.05) is 23.6 Å². The molecule has 2 aromatic carbocycles. The number of methoxy groups -OCH3 is 1. The van der Waals surface area contributed by atoms with Crippen LogP contribution in [0.2, 0.25) is 0 Å². The molecular weight excluding hydrogens is 258 g/mol. The van der Waals surface area contributed by atoms with Gasteiger partial charge < -0.3 is 4.74 Å². The molecule has 0 spiro atoms. The van der Waals surface area contributed by atoms with Crippen molar-refractivity contribution in [1.82, 2.24) is 0 Å². The Kier molecular flexibility index (Phi) is 3.69. The van der Waals surface area contributed by atoms with Crippen molar-refractivity contribution in [3.05, 3.63) is 71.9 Å². The first-order valence-corrected chi connectivity index (χ1v) is 6.98. The minimum absolute atomic E-state index is 0.878. The Morgan fingerprint density at radius 2 is 1.62 bits per heavy atom. The first kappa shape index (κ1) is 13.4. The van der Waals surface area contributed by atoms with Crippen molar-refractivity contribution < 1.29 is 9.30 Å². The second kappa shape index (κ2) is 5.80. The van der Waals surface area contributed by atoms with Crippen LogP contribution in [0.15, 0.2) is 60.7 Å². The lowest BCUT2D eigenvalue weighted by Crippen LogP contribution is -2.32. The number of hydrogen-bond acceptors (Lipinski definition) is 1. The maximum absolute atomic E-state index is 5.17. The van der Waals surface area contributed by atoms with Crippen LogP contribution < -0.4 is 9.30 Å². The van der Waals surface area contributed by atoms with Crippen LogP contribution in [0, 0.1) is 0 Å². The van der Waals surface area contributed by atoms with E-state index in [1.807, 2.05) is 12.1 Å². The smallest absolute Gasteiger partial charge is 0.212 e. The number of ether oxygens (including phenoxy) is 1. The molecule has 0 atom stereocenters. The van der Waals surface area contributed by atoms with Crippen molar-refractivity contribution >= 4 is 23.1 Å². The van der Waals surface area contributed by atoms with Crippen molar-refractivity contribution in [3.8, 4) is 5.75 Å². The van der Waals surface area contributed by atoms with Crippen molar-refractivity contribution in [1.29, 1.82) is 0 Å². The van der Waals surface area contributed by atoms with E-state index in [1.165, 1.54) is 16.6 Å². The number of para-hydroxylation sites is 1. The number of nitrogens with zero attached hydrogens (tertiary/aromatic N) is 1. The standard InChI is InChI=1S/C19H18NO/c1-20-17(12-10-16-5-3-4-6-19(16)20)11-7-15-8-13-18(21-2)14-9-15/h3-14H,1-2H3/q+1/b11-7+. The Morgan fingerprint density at radius 3 is 2.38 bits per heavy atom. The summed E-state index contributed by atoms with van der Waals surface area (Å²) < 4.78 is 7.37. The van der Waals surface area contributed by atoms with E-state index in [-0.39, 0.29) is 0 Å². The van der Waals surface area contributed by atoms with Crippen molar-refractivity contribution in [2.75, 3.05) is 7.11 Å². The van der Waals surface area contributed by atoms with Crippen LogP contribution in [-0.2, 0) is 7.05 Å². The van der Waals surface area contributed by atoms with E-state index in [0.29, 0.717) is 0 Å². The highest BCUT2D eigenvalue weighted by Crippen LogP contribution is 2.14. The zero-order chi connectivity index (χ0) is 14.7. The molecule has 2 heteroatoms. The fourth-order valence-corrected chi connectivity index (χ4v) is 2.42. The summed E-state index contributed by atoms with van der Waals surface area (Å²) in [5.41, 5.74) is 3.56. The van der Waals surface area contributed by atoms with Gasteiger partial charge in [0.1, 0.15) is 12.8 Å². The molecule has 0 aliphatic rings. The zero-order valence-corrected chi connectivity index (χ0v) is 12.3. The molecule has 3 rings (SSSR count). The second-order valence-corrected chi connectivity index (χ2v) is 4.98. The van der Waals surface area contributed by atoms with E-state index in [4.69, 9.17) is 4.74 Å². The number of hydrogen-bond donors (Lipinski definition) is 0. The van der Waals surface area contributed by atoms with E-state index in [1.54, 1.807) is 7.11 Å². The molecule has 1 heterocycles. The van der Waals surface area contributed by atoms with Crippen LogP contribution in [0.5, 0.6) is 5.75 Å². The summed E-state index contributed by atoms with van der Waals surface area (Å²) in [6, 6.07) is 20.7. The number of aryl methyl sites for hydroxylation is 1. The van der Waals surface area contributed by atoms with E-state index < -0.39 is 0 Å². The summed E-state index contributed by atoms with van der Waals surface area (Å²) in [5.74, 6) is 0.878. The van der Waals surface area contributed by atoms with Gasteiger partial charge >= 0.3 is 0 Å². The monoisotopic (exact) mass is 276 g/mol. The molecule has 3 aromatic rings. The molecule has 21 heavy (non-hydrogen) atoms. The first-order valence-electron chi connectivity index (χ1n) is 6.98. The highest BCUT2D eigenvalue weighted by Gasteiger charge is 2.07. The summed E-state index contributed by atoms with van der Waals surface area (Å²) in [6.45, 7) is 0. The van der Waals surface area contributed by atoms with Gasteiger partial charge in [0.15, 0.2) is 0 Å². The average molecular weight is 276 g/mol. The molecule has 0 unspecified atom stereocenters. The Labute approximate surface area is 124 Å². The summed E-state index contributed by atoms with van der Waals surface area (Å²) in [5, 5.41) is 1.25. The van der Waals surface area contributed by atoms with Crippen LogP contribution in [0.4, 0.5) is 0 Å². The predicted octanol–water partition coefficient (Wildman–Crippen LogP) is 3.84. The maximum Gasteiger partial charge on any atom is 0.212 e.